The number of carbonyl (C=O) groups excluding carboxylic acids is 1. The van der Waals surface area contributed by atoms with E-state index in [9.17, 15) is 4.79 Å². The van der Waals surface area contributed by atoms with Gasteiger partial charge in [-0.3, -0.25) is 4.79 Å². The Morgan fingerprint density at radius 1 is 1.25 bits per heavy atom. The fraction of sp³-hybridized carbons (Fsp3) is 0.588. The van der Waals surface area contributed by atoms with Gasteiger partial charge >= 0.3 is 0 Å². The second-order valence-electron chi connectivity index (χ2n) is 7.15. The van der Waals surface area contributed by atoms with Crippen molar-refractivity contribution in [2.75, 3.05) is 0 Å². The largest absolute Gasteiger partial charge is 0.369 e. The van der Waals surface area contributed by atoms with Crippen LogP contribution in [0, 0.1) is 5.92 Å². The van der Waals surface area contributed by atoms with Crippen LogP contribution in [0.25, 0.3) is 0 Å². The lowest BCUT2D eigenvalue weighted by atomic mass is 9.75. The smallest absolute Gasteiger partial charge is 0.162 e. The van der Waals surface area contributed by atoms with E-state index in [1.807, 2.05) is 58.0 Å². The van der Waals surface area contributed by atoms with Crippen molar-refractivity contribution < 1.29 is 9.53 Å². The molecule has 0 bridgehead atoms. The van der Waals surface area contributed by atoms with Crippen molar-refractivity contribution in [3.63, 3.8) is 0 Å². The van der Waals surface area contributed by atoms with Gasteiger partial charge in [0.05, 0.1) is 22.7 Å². The summed E-state index contributed by atoms with van der Waals surface area (Å²) in [4.78, 5) is 13.0. The van der Waals surface area contributed by atoms with E-state index in [0.29, 0.717) is 6.42 Å². The quantitative estimate of drug-likeness (QED) is 0.922. The zero-order valence-electron chi connectivity index (χ0n) is 13.1. The van der Waals surface area contributed by atoms with Crippen LogP contribution in [0.15, 0.2) is 30.3 Å². The lowest BCUT2D eigenvalue weighted by Gasteiger charge is -2.32. The van der Waals surface area contributed by atoms with Crippen molar-refractivity contribution >= 4 is 5.78 Å². The predicted octanol–water partition coefficient (Wildman–Crippen LogP) is 3.02. The molecule has 1 heterocycles. The maximum absolute atomic E-state index is 13.0. The Hall–Kier alpha value is -1.19. The molecule has 1 aliphatic rings. The molecule has 3 nitrogen and oxygen atoms in total. The SMILES string of the molecule is CC1(C)CC(C(=O)C(C)(N)c2ccccc2)C(C)(C)O1. The minimum atomic E-state index is -0.979. The van der Waals surface area contributed by atoms with Crippen molar-refractivity contribution in [1.29, 1.82) is 0 Å². The third-order valence-electron chi connectivity index (χ3n) is 4.28. The molecule has 20 heavy (non-hydrogen) atoms. The summed E-state index contributed by atoms with van der Waals surface area (Å²) in [7, 11) is 0. The molecule has 1 fully saturated rings. The minimum absolute atomic E-state index is 0.0549. The number of hydrogen-bond acceptors (Lipinski definition) is 3. The molecule has 110 valence electrons. The topological polar surface area (TPSA) is 52.3 Å². The van der Waals surface area contributed by atoms with E-state index in [-0.39, 0.29) is 17.3 Å². The molecule has 2 N–H and O–H groups in total. The van der Waals surface area contributed by atoms with Crippen LogP contribution in [0.4, 0.5) is 0 Å². The van der Waals surface area contributed by atoms with Gasteiger partial charge in [0, 0.05) is 0 Å². The maximum atomic E-state index is 13.0. The summed E-state index contributed by atoms with van der Waals surface area (Å²) in [5.41, 5.74) is 5.48. The first-order valence-corrected chi connectivity index (χ1v) is 7.15. The summed E-state index contributed by atoms with van der Waals surface area (Å²) in [6.45, 7) is 9.81. The highest BCUT2D eigenvalue weighted by Crippen LogP contribution is 2.44. The zero-order chi connectivity index (χ0) is 15.2. The Bertz CT molecular complexity index is 503. The monoisotopic (exact) mass is 275 g/mol. The van der Waals surface area contributed by atoms with Crippen LogP contribution in [-0.2, 0) is 15.1 Å². The van der Waals surface area contributed by atoms with Crippen molar-refractivity contribution in [3.05, 3.63) is 35.9 Å². The van der Waals surface area contributed by atoms with E-state index in [4.69, 9.17) is 10.5 Å². The molecule has 0 spiro atoms. The van der Waals surface area contributed by atoms with E-state index >= 15 is 0 Å². The lowest BCUT2D eigenvalue weighted by molar-refractivity contribution is -0.134. The van der Waals surface area contributed by atoms with E-state index in [1.54, 1.807) is 6.92 Å². The molecule has 0 saturated carbocycles. The Kier molecular flexibility index (Phi) is 3.55. The summed E-state index contributed by atoms with van der Waals surface area (Å²) in [6.07, 6.45) is 0.707. The Morgan fingerprint density at radius 3 is 2.25 bits per heavy atom. The fourth-order valence-electron chi connectivity index (χ4n) is 3.26. The fourth-order valence-corrected chi connectivity index (χ4v) is 3.26. The molecule has 0 radical (unpaired) electrons. The summed E-state index contributed by atoms with van der Waals surface area (Å²) >= 11 is 0. The summed E-state index contributed by atoms with van der Waals surface area (Å²) in [6, 6.07) is 9.56. The molecule has 0 amide bonds. The van der Waals surface area contributed by atoms with Crippen molar-refractivity contribution in [1.82, 2.24) is 0 Å². The number of Topliss-reactive ketones (excluding diaryl/α,β-unsaturated/α-hetero) is 1. The van der Waals surface area contributed by atoms with Gasteiger partial charge in [-0.1, -0.05) is 30.3 Å². The lowest BCUT2D eigenvalue weighted by Crippen LogP contribution is -2.49. The van der Waals surface area contributed by atoms with E-state index in [2.05, 4.69) is 0 Å². The van der Waals surface area contributed by atoms with Gasteiger partial charge < -0.3 is 10.5 Å². The van der Waals surface area contributed by atoms with Crippen molar-refractivity contribution in [2.24, 2.45) is 11.7 Å². The number of rotatable bonds is 3. The molecule has 1 saturated heterocycles. The number of carbonyl (C=O) groups is 1. The number of hydrogen-bond donors (Lipinski definition) is 1. The highest BCUT2D eigenvalue weighted by molar-refractivity contribution is 5.92. The minimum Gasteiger partial charge on any atom is -0.369 e. The second-order valence-corrected chi connectivity index (χ2v) is 7.15. The zero-order valence-corrected chi connectivity index (χ0v) is 13.1. The third kappa shape index (κ3) is 2.65. The van der Waals surface area contributed by atoms with Gasteiger partial charge in [-0.15, -0.1) is 0 Å². The maximum Gasteiger partial charge on any atom is 0.162 e. The highest BCUT2D eigenvalue weighted by Gasteiger charge is 2.52. The van der Waals surface area contributed by atoms with Crippen LogP contribution in [0.2, 0.25) is 0 Å². The Morgan fingerprint density at radius 2 is 1.80 bits per heavy atom. The normalized spacial score (nSPS) is 27.0. The molecule has 3 heteroatoms. The first-order valence-electron chi connectivity index (χ1n) is 7.15. The molecular weight excluding hydrogens is 250 g/mol. The summed E-state index contributed by atoms with van der Waals surface area (Å²) in [5, 5.41) is 0. The average molecular weight is 275 g/mol. The first-order chi connectivity index (χ1) is 9.06. The predicted molar refractivity (Wildman–Crippen MR) is 80.3 cm³/mol. The van der Waals surface area contributed by atoms with E-state index < -0.39 is 11.1 Å². The molecule has 2 rings (SSSR count). The molecule has 1 aliphatic heterocycles. The Labute approximate surface area is 121 Å². The second kappa shape index (κ2) is 4.68. The molecular formula is C17H25NO2. The summed E-state index contributed by atoms with van der Waals surface area (Å²) in [5.74, 6) is -0.132. The number of ketones is 1. The average Bonchev–Trinajstić information content (AvgIpc) is 2.57. The van der Waals surface area contributed by atoms with Crippen molar-refractivity contribution in [2.45, 2.75) is 57.8 Å². The van der Waals surface area contributed by atoms with Gasteiger partial charge in [-0.2, -0.15) is 0 Å². The van der Waals surface area contributed by atoms with Gasteiger partial charge in [0.25, 0.3) is 0 Å². The number of ether oxygens (including phenoxy) is 1. The van der Waals surface area contributed by atoms with Crippen LogP contribution >= 0.6 is 0 Å². The highest BCUT2D eigenvalue weighted by atomic mass is 16.5. The van der Waals surface area contributed by atoms with Gasteiger partial charge in [-0.05, 0) is 46.6 Å². The van der Waals surface area contributed by atoms with Crippen LogP contribution in [-0.4, -0.2) is 17.0 Å². The molecule has 0 aromatic heterocycles. The number of benzene rings is 1. The third-order valence-corrected chi connectivity index (χ3v) is 4.28. The van der Waals surface area contributed by atoms with Gasteiger partial charge in [0.1, 0.15) is 0 Å². The van der Waals surface area contributed by atoms with Crippen LogP contribution in [0.3, 0.4) is 0 Å². The van der Waals surface area contributed by atoms with Crippen LogP contribution < -0.4 is 5.73 Å². The molecule has 1 aromatic carbocycles. The summed E-state index contributed by atoms with van der Waals surface area (Å²) < 4.78 is 6.02. The van der Waals surface area contributed by atoms with Crippen LogP contribution in [0.5, 0.6) is 0 Å². The molecule has 2 unspecified atom stereocenters. The molecule has 0 aliphatic carbocycles. The van der Waals surface area contributed by atoms with E-state index in [0.717, 1.165) is 5.56 Å². The van der Waals surface area contributed by atoms with Crippen molar-refractivity contribution in [3.8, 4) is 0 Å². The van der Waals surface area contributed by atoms with Gasteiger partial charge in [0.2, 0.25) is 0 Å². The first kappa shape index (κ1) is 15.2. The Balaban J connectivity index is 2.32. The van der Waals surface area contributed by atoms with Gasteiger partial charge in [0.15, 0.2) is 5.78 Å². The van der Waals surface area contributed by atoms with E-state index in [1.165, 1.54) is 0 Å². The molecule has 1 aromatic rings. The molecule has 2 atom stereocenters. The van der Waals surface area contributed by atoms with Gasteiger partial charge in [-0.25, -0.2) is 0 Å². The van der Waals surface area contributed by atoms with Crippen LogP contribution in [0.1, 0.15) is 46.6 Å². The standard InChI is InChI=1S/C17H25NO2/c1-15(2)11-13(16(3,4)20-15)14(19)17(5,18)12-9-7-6-8-10-12/h6-10,13H,11,18H2,1-5H3. The number of nitrogens with two attached hydrogens (primary N) is 1.